The van der Waals surface area contributed by atoms with Crippen LogP contribution < -0.4 is 10.9 Å². The molecule has 1 fully saturated rings. The number of nitrogens with zero attached hydrogens (tertiary/aromatic N) is 2. The van der Waals surface area contributed by atoms with Crippen LogP contribution in [-0.2, 0) is 7.05 Å². The van der Waals surface area contributed by atoms with E-state index in [4.69, 9.17) is 0 Å². The summed E-state index contributed by atoms with van der Waals surface area (Å²) >= 11 is 0. The summed E-state index contributed by atoms with van der Waals surface area (Å²) in [7, 11) is 1.57. The van der Waals surface area contributed by atoms with Gasteiger partial charge >= 0.3 is 0 Å². The molecule has 5 heteroatoms. The maximum atomic E-state index is 12.3. The van der Waals surface area contributed by atoms with Crippen LogP contribution in [0.3, 0.4) is 0 Å². The average molecular weight is 263 g/mol. The number of carbonyl (C=O) groups is 1. The summed E-state index contributed by atoms with van der Waals surface area (Å²) < 4.78 is 1.23. The largest absolute Gasteiger partial charge is 0.349 e. The molecule has 0 saturated heterocycles. The lowest BCUT2D eigenvalue weighted by Crippen LogP contribution is -2.39. The van der Waals surface area contributed by atoms with Crippen molar-refractivity contribution >= 4 is 5.91 Å². The first kappa shape index (κ1) is 13.8. The fraction of sp³-hybridized carbons (Fsp3) is 0.643. The fourth-order valence-corrected chi connectivity index (χ4v) is 2.71. The lowest BCUT2D eigenvalue weighted by atomic mass is 10.1. The van der Waals surface area contributed by atoms with Crippen LogP contribution >= 0.6 is 0 Å². The third-order valence-electron chi connectivity index (χ3n) is 3.98. The van der Waals surface area contributed by atoms with E-state index >= 15 is 0 Å². The number of amides is 1. The van der Waals surface area contributed by atoms with Crippen molar-refractivity contribution in [3.63, 3.8) is 0 Å². The molecule has 1 aromatic heterocycles. The van der Waals surface area contributed by atoms with Gasteiger partial charge in [-0.15, -0.1) is 0 Å². The van der Waals surface area contributed by atoms with Gasteiger partial charge < -0.3 is 5.32 Å². The first-order valence-corrected chi connectivity index (χ1v) is 6.75. The molecule has 1 amide bonds. The van der Waals surface area contributed by atoms with E-state index in [9.17, 15) is 9.59 Å². The smallest absolute Gasteiger partial charge is 0.279 e. The summed E-state index contributed by atoms with van der Waals surface area (Å²) in [6.07, 6.45) is 3.13. The molecule has 1 N–H and O–H groups in total. The van der Waals surface area contributed by atoms with E-state index in [1.165, 1.54) is 4.68 Å². The van der Waals surface area contributed by atoms with Gasteiger partial charge in [0.05, 0.1) is 5.69 Å². The minimum absolute atomic E-state index is 0.195. The number of hydrogen-bond donors (Lipinski definition) is 1. The SMILES string of the molecule is Cc1nn(C)c(=O)c(C(=O)NC2CCC(C)C2)c1C. The highest BCUT2D eigenvalue weighted by atomic mass is 16.2. The van der Waals surface area contributed by atoms with Crippen molar-refractivity contribution in [3.8, 4) is 0 Å². The molecular formula is C14H21N3O2. The second-order valence-electron chi connectivity index (χ2n) is 5.60. The number of nitrogens with one attached hydrogen (secondary N) is 1. The average Bonchev–Trinajstić information content (AvgIpc) is 2.72. The number of aryl methyl sites for hydroxylation is 2. The Morgan fingerprint density at radius 1 is 1.37 bits per heavy atom. The van der Waals surface area contributed by atoms with E-state index in [2.05, 4.69) is 17.3 Å². The van der Waals surface area contributed by atoms with Crippen molar-refractivity contribution in [1.82, 2.24) is 15.1 Å². The molecular weight excluding hydrogens is 242 g/mol. The van der Waals surface area contributed by atoms with Gasteiger partial charge in [-0.05, 0) is 44.6 Å². The number of hydrogen-bond acceptors (Lipinski definition) is 3. The van der Waals surface area contributed by atoms with E-state index < -0.39 is 0 Å². The molecule has 0 bridgehead atoms. The first-order chi connectivity index (χ1) is 8.90. The first-order valence-electron chi connectivity index (χ1n) is 6.75. The molecule has 0 aromatic carbocycles. The van der Waals surface area contributed by atoms with Crippen molar-refractivity contribution in [2.45, 2.75) is 46.1 Å². The van der Waals surface area contributed by atoms with Crippen molar-refractivity contribution in [3.05, 3.63) is 27.2 Å². The zero-order valence-electron chi connectivity index (χ0n) is 12.0. The van der Waals surface area contributed by atoms with E-state index in [0.717, 1.165) is 19.3 Å². The standard InChI is InChI=1S/C14H21N3O2/c1-8-5-6-11(7-8)15-13(18)12-9(2)10(3)16-17(4)14(12)19/h8,11H,5-7H2,1-4H3,(H,15,18). The van der Waals surface area contributed by atoms with Crippen LogP contribution in [0.2, 0.25) is 0 Å². The molecule has 0 radical (unpaired) electrons. The van der Waals surface area contributed by atoms with Crippen LogP contribution in [-0.4, -0.2) is 21.7 Å². The third kappa shape index (κ3) is 2.69. The van der Waals surface area contributed by atoms with E-state index in [1.807, 2.05) is 6.92 Å². The van der Waals surface area contributed by atoms with Gasteiger partial charge in [0.2, 0.25) is 0 Å². The van der Waals surface area contributed by atoms with Crippen molar-refractivity contribution in [2.75, 3.05) is 0 Å². The summed E-state index contributed by atoms with van der Waals surface area (Å²) in [5.74, 6) is 0.385. The van der Waals surface area contributed by atoms with Crippen LogP contribution in [0.4, 0.5) is 0 Å². The molecule has 2 unspecified atom stereocenters. The second-order valence-corrected chi connectivity index (χ2v) is 5.60. The summed E-state index contributed by atoms with van der Waals surface area (Å²) in [5, 5.41) is 7.07. The highest BCUT2D eigenvalue weighted by Crippen LogP contribution is 2.24. The van der Waals surface area contributed by atoms with E-state index in [0.29, 0.717) is 17.2 Å². The Kier molecular flexibility index (Phi) is 3.73. The molecule has 0 aliphatic heterocycles. The van der Waals surface area contributed by atoms with Gasteiger partial charge in [-0.25, -0.2) is 4.68 Å². The summed E-state index contributed by atoms with van der Waals surface area (Å²) in [5.41, 5.74) is 1.29. The molecule has 1 aliphatic carbocycles. The highest BCUT2D eigenvalue weighted by molar-refractivity contribution is 5.95. The van der Waals surface area contributed by atoms with Gasteiger partial charge in [0.15, 0.2) is 0 Å². The lowest BCUT2D eigenvalue weighted by Gasteiger charge is -2.14. The van der Waals surface area contributed by atoms with Gasteiger partial charge in [0.25, 0.3) is 11.5 Å². The normalized spacial score (nSPS) is 22.5. The predicted molar refractivity (Wildman–Crippen MR) is 73.2 cm³/mol. The third-order valence-corrected chi connectivity index (χ3v) is 3.98. The van der Waals surface area contributed by atoms with Gasteiger partial charge in [-0.3, -0.25) is 9.59 Å². The van der Waals surface area contributed by atoms with Crippen LogP contribution in [0.25, 0.3) is 0 Å². The van der Waals surface area contributed by atoms with Crippen LogP contribution in [0.1, 0.15) is 47.8 Å². The number of rotatable bonds is 2. The van der Waals surface area contributed by atoms with Crippen LogP contribution in [0.5, 0.6) is 0 Å². The van der Waals surface area contributed by atoms with Crippen molar-refractivity contribution in [1.29, 1.82) is 0 Å². The zero-order valence-corrected chi connectivity index (χ0v) is 12.0. The Labute approximate surface area is 113 Å². The highest BCUT2D eigenvalue weighted by Gasteiger charge is 2.25. The summed E-state index contributed by atoms with van der Waals surface area (Å²) in [6, 6.07) is 0.195. The van der Waals surface area contributed by atoms with Crippen LogP contribution in [0.15, 0.2) is 4.79 Å². The Hall–Kier alpha value is -1.65. The minimum atomic E-state index is -0.327. The molecule has 1 saturated carbocycles. The monoisotopic (exact) mass is 263 g/mol. The Morgan fingerprint density at radius 3 is 2.63 bits per heavy atom. The quantitative estimate of drug-likeness (QED) is 0.875. The summed E-state index contributed by atoms with van der Waals surface area (Å²) in [4.78, 5) is 24.4. The summed E-state index contributed by atoms with van der Waals surface area (Å²) in [6.45, 7) is 5.77. The Morgan fingerprint density at radius 2 is 2.05 bits per heavy atom. The van der Waals surface area contributed by atoms with Gasteiger partial charge in [0, 0.05) is 13.1 Å². The molecule has 1 aliphatic rings. The van der Waals surface area contributed by atoms with Crippen molar-refractivity contribution < 1.29 is 4.79 Å². The molecule has 1 heterocycles. The van der Waals surface area contributed by atoms with E-state index in [-0.39, 0.29) is 23.1 Å². The van der Waals surface area contributed by atoms with Gasteiger partial charge in [-0.1, -0.05) is 6.92 Å². The second kappa shape index (κ2) is 5.15. The molecule has 19 heavy (non-hydrogen) atoms. The molecule has 2 rings (SSSR count). The number of carbonyl (C=O) groups excluding carboxylic acids is 1. The predicted octanol–water partition coefficient (Wildman–Crippen LogP) is 1.32. The number of aromatic nitrogens is 2. The fourth-order valence-electron chi connectivity index (χ4n) is 2.71. The molecule has 5 nitrogen and oxygen atoms in total. The maximum Gasteiger partial charge on any atom is 0.279 e. The molecule has 0 spiro atoms. The topological polar surface area (TPSA) is 64.0 Å². The Bertz CT molecular complexity index is 563. The Balaban J connectivity index is 2.27. The van der Waals surface area contributed by atoms with Crippen molar-refractivity contribution in [2.24, 2.45) is 13.0 Å². The van der Waals surface area contributed by atoms with Gasteiger partial charge in [-0.2, -0.15) is 5.10 Å². The minimum Gasteiger partial charge on any atom is -0.349 e. The molecule has 2 atom stereocenters. The van der Waals surface area contributed by atoms with E-state index in [1.54, 1.807) is 14.0 Å². The maximum absolute atomic E-state index is 12.3. The lowest BCUT2D eigenvalue weighted by molar-refractivity contribution is 0.0934. The van der Waals surface area contributed by atoms with Crippen LogP contribution in [0, 0.1) is 19.8 Å². The molecule has 1 aromatic rings. The van der Waals surface area contributed by atoms with Gasteiger partial charge in [0.1, 0.15) is 5.56 Å². The molecule has 104 valence electrons. The zero-order chi connectivity index (χ0) is 14.2.